The van der Waals surface area contributed by atoms with Crippen LogP contribution < -0.4 is 5.32 Å². The van der Waals surface area contributed by atoms with E-state index in [4.69, 9.17) is 0 Å². The Morgan fingerprint density at radius 1 is 1.18 bits per heavy atom. The number of nitrogens with one attached hydrogen (secondary N) is 1. The molecule has 1 aliphatic carbocycles. The molecule has 1 amide bonds. The SMILES string of the molecule is CNC(C)(C)C(=O)N1CCCC2CCCCC21. The van der Waals surface area contributed by atoms with Crippen molar-refractivity contribution in [1.29, 1.82) is 0 Å². The monoisotopic (exact) mass is 238 g/mol. The summed E-state index contributed by atoms with van der Waals surface area (Å²) in [5.74, 6) is 1.06. The molecule has 3 nitrogen and oxygen atoms in total. The van der Waals surface area contributed by atoms with Crippen molar-refractivity contribution in [2.24, 2.45) is 5.92 Å². The number of hydrogen-bond donors (Lipinski definition) is 1. The van der Waals surface area contributed by atoms with Crippen molar-refractivity contribution in [2.45, 2.75) is 64.0 Å². The van der Waals surface area contributed by atoms with E-state index in [0.717, 1.165) is 12.5 Å². The van der Waals surface area contributed by atoms with Crippen molar-refractivity contribution >= 4 is 5.91 Å². The number of hydrogen-bond acceptors (Lipinski definition) is 2. The summed E-state index contributed by atoms with van der Waals surface area (Å²) in [5, 5.41) is 3.14. The van der Waals surface area contributed by atoms with Crippen LogP contribution in [0.3, 0.4) is 0 Å². The summed E-state index contributed by atoms with van der Waals surface area (Å²) in [6.07, 6.45) is 7.72. The molecule has 17 heavy (non-hydrogen) atoms. The summed E-state index contributed by atoms with van der Waals surface area (Å²) in [6.45, 7) is 4.94. The minimum atomic E-state index is -0.417. The van der Waals surface area contributed by atoms with Gasteiger partial charge in [0.2, 0.25) is 5.91 Å². The number of amides is 1. The molecular weight excluding hydrogens is 212 g/mol. The molecule has 0 aromatic heterocycles. The third-order valence-corrected chi connectivity index (χ3v) is 4.66. The van der Waals surface area contributed by atoms with E-state index in [9.17, 15) is 4.79 Å². The predicted octanol–water partition coefficient (Wildman–Crippen LogP) is 2.17. The van der Waals surface area contributed by atoms with Gasteiger partial charge in [0.05, 0.1) is 5.54 Å². The molecule has 3 heteroatoms. The van der Waals surface area contributed by atoms with E-state index in [1.54, 1.807) is 0 Å². The van der Waals surface area contributed by atoms with E-state index < -0.39 is 5.54 Å². The third kappa shape index (κ3) is 2.49. The molecule has 98 valence electrons. The van der Waals surface area contributed by atoms with Crippen LogP contribution in [0.25, 0.3) is 0 Å². The van der Waals surface area contributed by atoms with Gasteiger partial charge in [-0.3, -0.25) is 4.79 Å². The molecule has 1 saturated carbocycles. The largest absolute Gasteiger partial charge is 0.338 e. The fourth-order valence-electron chi connectivity index (χ4n) is 3.34. The maximum Gasteiger partial charge on any atom is 0.242 e. The van der Waals surface area contributed by atoms with Crippen molar-refractivity contribution in [3.05, 3.63) is 0 Å². The predicted molar refractivity (Wildman–Crippen MR) is 69.8 cm³/mol. The maximum atomic E-state index is 12.6. The fraction of sp³-hybridized carbons (Fsp3) is 0.929. The second-order valence-electron chi connectivity index (χ2n) is 6.13. The topological polar surface area (TPSA) is 32.3 Å². The number of fused-ring (bicyclic) bond motifs is 1. The van der Waals surface area contributed by atoms with Crippen molar-refractivity contribution in [3.8, 4) is 0 Å². The second-order valence-corrected chi connectivity index (χ2v) is 6.13. The number of carbonyl (C=O) groups is 1. The van der Waals surface area contributed by atoms with Gasteiger partial charge < -0.3 is 10.2 Å². The van der Waals surface area contributed by atoms with Crippen molar-refractivity contribution in [3.63, 3.8) is 0 Å². The van der Waals surface area contributed by atoms with Gasteiger partial charge in [0.15, 0.2) is 0 Å². The van der Waals surface area contributed by atoms with Gasteiger partial charge in [0.25, 0.3) is 0 Å². The van der Waals surface area contributed by atoms with Crippen LogP contribution in [-0.2, 0) is 4.79 Å². The van der Waals surface area contributed by atoms with Crippen molar-refractivity contribution < 1.29 is 4.79 Å². The molecule has 0 radical (unpaired) electrons. The zero-order valence-electron chi connectivity index (χ0n) is 11.5. The molecule has 2 rings (SSSR count). The third-order valence-electron chi connectivity index (χ3n) is 4.66. The highest BCUT2D eigenvalue weighted by Gasteiger charge is 2.40. The van der Waals surface area contributed by atoms with E-state index in [0.29, 0.717) is 6.04 Å². The van der Waals surface area contributed by atoms with E-state index in [2.05, 4.69) is 10.2 Å². The molecule has 1 saturated heterocycles. The van der Waals surface area contributed by atoms with Crippen LogP contribution in [-0.4, -0.2) is 36.0 Å². The highest BCUT2D eigenvalue weighted by molar-refractivity contribution is 5.85. The number of carbonyl (C=O) groups excluding carboxylic acids is 1. The first kappa shape index (κ1) is 12.9. The summed E-state index contributed by atoms with van der Waals surface area (Å²) >= 11 is 0. The van der Waals surface area contributed by atoms with Gasteiger partial charge in [-0.25, -0.2) is 0 Å². The van der Waals surface area contributed by atoms with Crippen LogP contribution in [0.2, 0.25) is 0 Å². The lowest BCUT2D eigenvalue weighted by Gasteiger charge is -2.46. The van der Waals surface area contributed by atoms with Crippen molar-refractivity contribution in [2.75, 3.05) is 13.6 Å². The van der Waals surface area contributed by atoms with Gasteiger partial charge in [-0.05, 0) is 52.5 Å². The highest BCUT2D eigenvalue weighted by atomic mass is 16.2. The molecule has 1 aliphatic heterocycles. The molecule has 2 unspecified atom stereocenters. The first-order valence-corrected chi connectivity index (χ1v) is 7.06. The standard InChI is InChI=1S/C14H26N2O/c1-14(2,15-3)13(17)16-10-6-8-11-7-4-5-9-12(11)16/h11-12,15H,4-10H2,1-3H3. The van der Waals surface area contributed by atoms with E-state index in [1.807, 2.05) is 20.9 Å². The second kappa shape index (κ2) is 4.97. The molecule has 2 atom stereocenters. The molecule has 2 fully saturated rings. The summed E-state index contributed by atoms with van der Waals surface area (Å²) < 4.78 is 0. The highest BCUT2D eigenvalue weighted by Crippen LogP contribution is 2.36. The Bertz CT molecular complexity index is 286. The van der Waals surface area contributed by atoms with Crippen LogP contribution in [0.5, 0.6) is 0 Å². The number of likely N-dealkylation sites (N-methyl/N-ethyl adjacent to an activating group) is 1. The van der Waals surface area contributed by atoms with Gasteiger partial charge >= 0.3 is 0 Å². The summed E-state index contributed by atoms with van der Waals surface area (Å²) in [4.78, 5) is 14.7. The van der Waals surface area contributed by atoms with Gasteiger partial charge in [0, 0.05) is 12.6 Å². The lowest BCUT2D eigenvalue weighted by Crippen LogP contribution is -2.59. The molecule has 1 heterocycles. The zero-order valence-corrected chi connectivity index (χ0v) is 11.5. The number of nitrogens with zero attached hydrogens (tertiary/aromatic N) is 1. The number of piperidine rings is 1. The Hall–Kier alpha value is -0.570. The molecule has 0 spiro atoms. The Kier molecular flexibility index (Phi) is 3.76. The van der Waals surface area contributed by atoms with Gasteiger partial charge in [0.1, 0.15) is 0 Å². The Balaban J connectivity index is 2.11. The van der Waals surface area contributed by atoms with E-state index in [1.165, 1.54) is 38.5 Å². The van der Waals surface area contributed by atoms with Crippen molar-refractivity contribution in [1.82, 2.24) is 10.2 Å². The summed E-state index contributed by atoms with van der Waals surface area (Å²) in [6, 6.07) is 0.526. The van der Waals surface area contributed by atoms with Gasteiger partial charge in [-0.15, -0.1) is 0 Å². The lowest BCUT2D eigenvalue weighted by atomic mass is 9.77. The average molecular weight is 238 g/mol. The number of likely N-dealkylation sites (tertiary alicyclic amines) is 1. The molecule has 1 N–H and O–H groups in total. The van der Waals surface area contributed by atoms with Gasteiger partial charge in [-0.2, -0.15) is 0 Å². The normalized spacial score (nSPS) is 29.9. The van der Waals surface area contributed by atoms with Crippen LogP contribution in [0.15, 0.2) is 0 Å². The van der Waals surface area contributed by atoms with Crippen LogP contribution in [0.4, 0.5) is 0 Å². The van der Waals surface area contributed by atoms with Crippen LogP contribution in [0.1, 0.15) is 52.4 Å². The lowest BCUT2D eigenvalue weighted by molar-refractivity contribution is -0.143. The maximum absolute atomic E-state index is 12.6. The minimum Gasteiger partial charge on any atom is -0.338 e. The molecule has 2 aliphatic rings. The molecule has 0 aromatic carbocycles. The first-order chi connectivity index (χ1) is 8.06. The smallest absolute Gasteiger partial charge is 0.242 e. The molecule has 0 aromatic rings. The van der Waals surface area contributed by atoms with E-state index in [-0.39, 0.29) is 5.91 Å². The van der Waals surface area contributed by atoms with Crippen LogP contribution >= 0.6 is 0 Å². The quantitative estimate of drug-likeness (QED) is 0.799. The summed E-state index contributed by atoms with van der Waals surface area (Å²) in [7, 11) is 1.88. The Morgan fingerprint density at radius 3 is 2.53 bits per heavy atom. The fourth-order valence-corrected chi connectivity index (χ4v) is 3.34. The Labute approximate surface area is 105 Å². The summed E-state index contributed by atoms with van der Waals surface area (Å²) in [5.41, 5.74) is -0.417. The Morgan fingerprint density at radius 2 is 1.82 bits per heavy atom. The molecular formula is C14H26N2O. The van der Waals surface area contributed by atoms with Gasteiger partial charge in [-0.1, -0.05) is 12.8 Å². The first-order valence-electron chi connectivity index (χ1n) is 7.06. The zero-order chi connectivity index (χ0) is 12.5. The minimum absolute atomic E-state index is 0.289. The van der Waals surface area contributed by atoms with Crippen LogP contribution in [0, 0.1) is 5.92 Å². The number of rotatable bonds is 2. The average Bonchev–Trinajstić information content (AvgIpc) is 2.37. The van der Waals surface area contributed by atoms with E-state index >= 15 is 0 Å². The molecule has 0 bridgehead atoms.